The van der Waals surface area contributed by atoms with E-state index in [2.05, 4.69) is 30.4 Å². The number of aromatic nitrogens is 4. The molecule has 1 aliphatic carbocycles. The van der Waals surface area contributed by atoms with Gasteiger partial charge in [0.25, 0.3) is 0 Å². The van der Waals surface area contributed by atoms with Crippen molar-refractivity contribution in [1.29, 1.82) is 0 Å². The first-order chi connectivity index (χ1) is 14.0. The second kappa shape index (κ2) is 6.98. The summed E-state index contributed by atoms with van der Waals surface area (Å²) in [5.41, 5.74) is -0.301. The summed E-state index contributed by atoms with van der Waals surface area (Å²) in [7, 11) is 0. The molecule has 1 saturated carbocycles. The fraction of sp³-hybridized carbons (Fsp3) is 0.450. The molecule has 2 aliphatic rings. The average Bonchev–Trinajstić information content (AvgIpc) is 3.42. The van der Waals surface area contributed by atoms with E-state index in [9.17, 15) is 13.2 Å². The molecule has 1 unspecified atom stereocenters. The first kappa shape index (κ1) is 18.4. The Bertz CT molecular complexity index is 1030. The quantitative estimate of drug-likeness (QED) is 0.698. The lowest BCUT2D eigenvalue weighted by molar-refractivity contribution is -0.137. The Morgan fingerprint density at radius 3 is 2.83 bits per heavy atom. The number of rotatable bonds is 4. The molecule has 1 atom stereocenters. The molecule has 3 aromatic rings. The maximum absolute atomic E-state index is 13.7. The van der Waals surface area contributed by atoms with E-state index in [4.69, 9.17) is 0 Å². The highest BCUT2D eigenvalue weighted by Crippen LogP contribution is 2.39. The summed E-state index contributed by atoms with van der Waals surface area (Å²) < 4.78 is 41.1. The van der Waals surface area contributed by atoms with Gasteiger partial charge in [-0.15, -0.1) is 0 Å². The van der Waals surface area contributed by atoms with Crippen LogP contribution in [0.2, 0.25) is 0 Å². The number of H-pyrrole nitrogens is 1. The fourth-order valence-corrected chi connectivity index (χ4v) is 4.02. The summed E-state index contributed by atoms with van der Waals surface area (Å²) in [5, 5.41) is 10.8. The van der Waals surface area contributed by atoms with Crippen molar-refractivity contribution < 1.29 is 13.2 Å². The third-order valence-electron chi connectivity index (χ3n) is 5.65. The van der Waals surface area contributed by atoms with Gasteiger partial charge in [0.05, 0.1) is 11.3 Å². The van der Waals surface area contributed by atoms with Crippen LogP contribution in [0.4, 0.5) is 19.0 Å². The Hall–Kier alpha value is -2.68. The third kappa shape index (κ3) is 3.66. The van der Waals surface area contributed by atoms with Crippen molar-refractivity contribution in [3.05, 3.63) is 36.0 Å². The number of alkyl halides is 3. The molecule has 1 aliphatic heterocycles. The molecule has 0 bridgehead atoms. The highest BCUT2D eigenvalue weighted by atomic mass is 19.4. The normalized spacial score (nSPS) is 20.4. The minimum Gasteiger partial charge on any atom is -0.354 e. The number of nitrogens with zero attached hydrogens (tertiary/aromatic N) is 4. The molecule has 1 saturated heterocycles. The molecule has 4 heterocycles. The van der Waals surface area contributed by atoms with E-state index in [-0.39, 0.29) is 11.4 Å². The van der Waals surface area contributed by atoms with Crippen LogP contribution in [0.1, 0.15) is 24.8 Å². The number of hydrogen-bond acceptors (Lipinski definition) is 5. The van der Waals surface area contributed by atoms with Gasteiger partial charge in [0.15, 0.2) is 5.65 Å². The van der Waals surface area contributed by atoms with Crippen LogP contribution in [0, 0.1) is 5.92 Å². The van der Waals surface area contributed by atoms with Crippen molar-refractivity contribution in [3.8, 4) is 11.4 Å². The van der Waals surface area contributed by atoms with E-state index >= 15 is 0 Å². The zero-order valence-electron chi connectivity index (χ0n) is 15.7. The molecular weight excluding hydrogens is 381 g/mol. The van der Waals surface area contributed by atoms with E-state index in [0.717, 1.165) is 31.5 Å². The molecule has 5 rings (SSSR count). The smallest absolute Gasteiger partial charge is 0.354 e. The van der Waals surface area contributed by atoms with E-state index in [1.165, 1.54) is 18.9 Å². The molecule has 152 valence electrons. The molecule has 0 spiro atoms. The van der Waals surface area contributed by atoms with Crippen LogP contribution < -0.4 is 10.2 Å². The Morgan fingerprint density at radius 2 is 2.03 bits per heavy atom. The molecule has 0 radical (unpaired) electrons. The number of nitrogens with one attached hydrogen (secondary N) is 2. The minimum absolute atomic E-state index is 0.136. The van der Waals surface area contributed by atoms with E-state index in [1.807, 2.05) is 0 Å². The van der Waals surface area contributed by atoms with Gasteiger partial charge >= 0.3 is 6.18 Å². The first-order valence-corrected chi connectivity index (χ1v) is 9.85. The van der Waals surface area contributed by atoms with Gasteiger partial charge in [-0.25, -0.2) is 9.97 Å². The summed E-state index contributed by atoms with van der Waals surface area (Å²) in [6.45, 7) is 2.26. The molecule has 0 amide bonds. The van der Waals surface area contributed by atoms with Crippen molar-refractivity contribution in [2.45, 2.75) is 31.5 Å². The average molecular weight is 402 g/mol. The van der Waals surface area contributed by atoms with Gasteiger partial charge in [-0.1, -0.05) is 12.8 Å². The van der Waals surface area contributed by atoms with E-state index in [1.54, 1.807) is 18.3 Å². The predicted octanol–water partition coefficient (Wildman–Crippen LogP) is 3.62. The first-order valence-electron chi connectivity index (χ1n) is 9.85. The van der Waals surface area contributed by atoms with Gasteiger partial charge in [-0.2, -0.15) is 18.3 Å². The van der Waals surface area contributed by atoms with Crippen molar-refractivity contribution in [1.82, 2.24) is 25.5 Å². The van der Waals surface area contributed by atoms with Crippen LogP contribution in [-0.4, -0.2) is 45.8 Å². The van der Waals surface area contributed by atoms with Crippen molar-refractivity contribution >= 4 is 16.9 Å². The summed E-state index contributed by atoms with van der Waals surface area (Å²) in [6.07, 6.45) is 0.713. The molecule has 6 nitrogen and oxygen atoms in total. The number of pyridine rings is 2. The highest BCUT2D eigenvalue weighted by molar-refractivity contribution is 5.90. The molecule has 0 aromatic carbocycles. The number of anilines is 1. The Labute approximate surface area is 165 Å². The Balaban J connectivity index is 1.54. The molecule has 2 fully saturated rings. The second-order valence-corrected chi connectivity index (χ2v) is 7.81. The Kier molecular flexibility index (Phi) is 4.42. The number of piperazine rings is 1. The zero-order valence-corrected chi connectivity index (χ0v) is 15.7. The van der Waals surface area contributed by atoms with Gasteiger partial charge in [0, 0.05) is 37.3 Å². The van der Waals surface area contributed by atoms with Crippen molar-refractivity contribution in [3.63, 3.8) is 0 Å². The topological polar surface area (TPSA) is 69.7 Å². The van der Waals surface area contributed by atoms with Gasteiger partial charge < -0.3 is 10.2 Å². The third-order valence-corrected chi connectivity index (χ3v) is 5.65. The lowest BCUT2D eigenvalue weighted by Gasteiger charge is -2.35. The molecular formula is C20H21F3N6. The van der Waals surface area contributed by atoms with Crippen molar-refractivity contribution in [2.24, 2.45) is 5.92 Å². The van der Waals surface area contributed by atoms with Crippen LogP contribution in [0.5, 0.6) is 0 Å². The lowest BCUT2D eigenvalue weighted by atomic mass is 10.1. The minimum atomic E-state index is -4.52. The van der Waals surface area contributed by atoms with Crippen LogP contribution in [0.15, 0.2) is 30.5 Å². The van der Waals surface area contributed by atoms with Crippen molar-refractivity contribution in [2.75, 3.05) is 24.5 Å². The number of fused-ring (bicyclic) bond motifs is 1. The monoisotopic (exact) mass is 402 g/mol. The second-order valence-electron chi connectivity index (χ2n) is 7.81. The number of halogens is 3. The standard InChI is InChI=1S/C20H21F3N6/c21-20(22,23)15-5-6-16(29-9-8-24-13(11-29)10-12-3-4-12)26-18(15)17-14-2-1-7-25-19(14)28-27-17/h1-2,5-7,12-13,24H,3-4,8-11H2,(H,25,27,28). The fourth-order valence-electron chi connectivity index (χ4n) is 4.02. The maximum atomic E-state index is 13.7. The maximum Gasteiger partial charge on any atom is 0.418 e. The highest BCUT2D eigenvalue weighted by Gasteiger charge is 2.36. The number of hydrogen-bond donors (Lipinski definition) is 2. The van der Waals surface area contributed by atoms with Gasteiger partial charge in [0.1, 0.15) is 11.5 Å². The summed E-state index contributed by atoms with van der Waals surface area (Å²) in [6, 6.07) is 6.32. The van der Waals surface area contributed by atoms with Crippen LogP contribution in [-0.2, 0) is 6.18 Å². The Morgan fingerprint density at radius 1 is 1.17 bits per heavy atom. The van der Waals surface area contributed by atoms with Gasteiger partial charge in [-0.05, 0) is 36.6 Å². The van der Waals surface area contributed by atoms with Gasteiger partial charge in [-0.3, -0.25) is 5.10 Å². The molecule has 29 heavy (non-hydrogen) atoms. The van der Waals surface area contributed by atoms with Gasteiger partial charge in [0.2, 0.25) is 0 Å². The van der Waals surface area contributed by atoms with E-state index in [0.29, 0.717) is 29.4 Å². The lowest BCUT2D eigenvalue weighted by Crippen LogP contribution is -2.51. The predicted molar refractivity (Wildman–Crippen MR) is 103 cm³/mol. The number of aromatic amines is 1. The zero-order chi connectivity index (χ0) is 20.0. The van der Waals surface area contributed by atoms with Crippen LogP contribution in [0.25, 0.3) is 22.4 Å². The molecule has 2 N–H and O–H groups in total. The summed E-state index contributed by atoms with van der Waals surface area (Å²) >= 11 is 0. The molecule has 9 heteroatoms. The summed E-state index contributed by atoms with van der Waals surface area (Å²) in [5.74, 6) is 1.34. The van der Waals surface area contributed by atoms with Crippen LogP contribution in [0.3, 0.4) is 0 Å². The molecule has 3 aromatic heterocycles. The van der Waals surface area contributed by atoms with Crippen LogP contribution >= 0.6 is 0 Å². The van der Waals surface area contributed by atoms with E-state index < -0.39 is 11.7 Å². The largest absolute Gasteiger partial charge is 0.418 e. The SMILES string of the molecule is FC(F)(F)c1ccc(N2CCNC(CC3CC3)C2)nc1-c1[nH]nc2ncccc12. The summed E-state index contributed by atoms with van der Waals surface area (Å²) in [4.78, 5) is 10.6.